The highest BCUT2D eigenvalue weighted by Crippen LogP contribution is 2.20. The largest absolute Gasteiger partial charge is 0.388 e. The van der Waals surface area contributed by atoms with Gasteiger partial charge in [-0.1, -0.05) is 0 Å². The fourth-order valence-corrected chi connectivity index (χ4v) is 1.74. The Labute approximate surface area is 94.9 Å². The number of hydrogen-bond acceptors (Lipinski definition) is 5. The Morgan fingerprint density at radius 3 is 2.94 bits per heavy atom. The Hall–Kier alpha value is -1.20. The quantitative estimate of drug-likeness (QED) is 0.791. The van der Waals surface area contributed by atoms with Crippen LogP contribution in [-0.2, 0) is 4.74 Å². The Kier molecular flexibility index (Phi) is 3.36. The van der Waals surface area contributed by atoms with E-state index in [0.717, 1.165) is 11.6 Å². The minimum Gasteiger partial charge on any atom is -0.388 e. The highest BCUT2D eigenvalue weighted by Gasteiger charge is 2.29. The molecule has 0 amide bonds. The minimum atomic E-state index is -0.670. The molecule has 0 saturated carbocycles. The van der Waals surface area contributed by atoms with Crippen molar-refractivity contribution in [2.24, 2.45) is 0 Å². The van der Waals surface area contributed by atoms with Crippen LogP contribution in [0.5, 0.6) is 0 Å². The molecule has 0 aliphatic carbocycles. The van der Waals surface area contributed by atoms with Gasteiger partial charge in [0.05, 0.1) is 5.60 Å². The molecule has 1 fully saturated rings. The third-order valence-corrected chi connectivity index (χ3v) is 2.80. The van der Waals surface area contributed by atoms with Gasteiger partial charge in [-0.3, -0.25) is 0 Å². The van der Waals surface area contributed by atoms with Gasteiger partial charge in [-0.05, 0) is 13.0 Å². The second kappa shape index (κ2) is 4.76. The number of aliphatic hydroxyl groups is 1. The van der Waals surface area contributed by atoms with Crippen LogP contribution in [0.1, 0.15) is 18.7 Å². The summed E-state index contributed by atoms with van der Waals surface area (Å²) in [4.78, 5) is 8.24. The number of nitrogens with one attached hydrogen (secondary N) is 1. The van der Waals surface area contributed by atoms with E-state index in [1.165, 1.54) is 0 Å². The Balaban J connectivity index is 1.91. The van der Waals surface area contributed by atoms with Crippen LogP contribution in [0, 0.1) is 6.92 Å². The van der Waals surface area contributed by atoms with Gasteiger partial charge in [0, 0.05) is 38.8 Å². The third-order valence-electron chi connectivity index (χ3n) is 2.80. The molecule has 5 heteroatoms. The number of aromatic nitrogens is 2. The van der Waals surface area contributed by atoms with Gasteiger partial charge in [0.25, 0.3) is 0 Å². The minimum absolute atomic E-state index is 0.507. The molecule has 2 heterocycles. The maximum atomic E-state index is 10.2. The van der Waals surface area contributed by atoms with Gasteiger partial charge in [0.1, 0.15) is 11.6 Å². The van der Waals surface area contributed by atoms with Gasteiger partial charge in [-0.2, -0.15) is 0 Å². The number of nitrogens with zero attached hydrogens (tertiary/aromatic N) is 2. The van der Waals surface area contributed by atoms with E-state index in [2.05, 4.69) is 15.3 Å². The second-order valence-corrected chi connectivity index (χ2v) is 4.18. The zero-order chi connectivity index (χ0) is 11.4. The van der Waals surface area contributed by atoms with Gasteiger partial charge in [-0.15, -0.1) is 0 Å². The van der Waals surface area contributed by atoms with Crippen LogP contribution in [0.3, 0.4) is 0 Å². The zero-order valence-corrected chi connectivity index (χ0v) is 9.44. The summed E-state index contributed by atoms with van der Waals surface area (Å²) in [5, 5.41) is 13.4. The Bertz CT molecular complexity index is 351. The molecule has 0 spiro atoms. The number of hydrogen-bond donors (Lipinski definition) is 2. The SMILES string of the molecule is Cc1nccc(NCC2(O)CCOCC2)n1. The van der Waals surface area contributed by atoms with E-state index in [1.54, 1.807) is 12.3 Å². The maximum absolute atomic E-state index is 10.2. The highest BCUT2D eigenvalue weighted by molar-refractivity contribution is 5.33. The standard InChI is InChI=1S/C11H17N3O2/c1-9-12-5-2-10(14-9)13-8-11(15)3-6-16-7-4-11/h2,5,15H,3-4,6-8H2,1H3,(H,12,13,14). The molecule has 2 rings (SSSR count). The molecule has 88 valence electrons. The summed E-state index contributed by atoms with van der Waals surface area (Å²) in [5.74, 6) is 1.48. The first-order valence-corrected chi connectivity index (χ1v) is 5.52. The first-order chi connectivity index (χ1) is 7.68. The Morgan fingerprint density at radius 2 is 2.25 bits per heavy atom. The lowest BCUT2D eigenvalue weighted by Crippen LogP contribution is -2.42. The van der Waals surface area contributed by atoms with Crippen LogP contribution in [0.15, 0.2) is 12.3 Å². The van der Waals surface area contributed by atoms with E-state index in [-0.39, 0.29) is 0 Å². The summed E-state index contributed by atoms with van der Waals surface area (Å²) in [6.45, 7) is 3.60. The number of anilines is 1. The van der Waals surface area contributed by atoms with E-state index >= 15 is 0 Å². The topological polar surface area (TPSA) is 67.3 Å². The molecule has 1 aliphatic heterocycles. The summed E-state index contributed by atoms with van der Waals surface area (Å²) < 4.78 is 5.22. The molecule has 1 aromatic heterocycles. The average molecular weight is 223 g/mol. The molecule has 5 nitrogen and oxygen atoms in total. The Morgan fingerprint density at radius 1 is 1.50 bits per heavy atom. The van der Waals surface area contributed by atoms with E-state index in [1.807, 2.05) is 6.92 Å². The van der Waals surface area contributed by atoms with Gasteiger partial charge < -0.3 is 15.2 Å². The molecule has 0 bridgehead atoms. The maximum Gasteiger partial charge on any atom is 0.129 e. The van der Waals surface area contributed by atoms with Crippen molar-refractivity contribution < 1.29 is 9.84 Å². The fraction of sp³-hybridized carbons (Fsp3) is 0.636. The lowest BCUT2D eigenvalue weighted by molar-refractivity contribution is -0.0543. The molecule has 1 saturated heterocycles. The van der Waals surface area contributed by atoms with Crippen molar-refractivity contribution in [2.45, 2.75) is 25.4 Å². The van der Waals surface area contributed by atoms with Gasteiger partial charge in [0.15, 0.2) is 0 Å². The van der Waals surface area contributed by atoms with Crippen molar-refractivity contribution in [2.75, 3.05) is 25.1 Å². The summed E-state index contributed by atoms with van der Waals surface area (Å²) >= 11 is 0. The molecular weight excluding hydrogens is 206 g/mol. The molecule has 16 heavy (non-hydrogen) atoms. The van der Waals surface area contributed by atoms with E-state index in [0.29, 0.717) is 32.6 Å². The predicted octanol–water partition coefficient (Wildman–Crippen LogP) is 0.738. The predicted molar refractivity (Wildman–Crippen MR) is 60.3 cm³/mol. The molecule has 1 aromatic rings. The van der Waals surface area contributed by atoms with E-state index in [4.69, 9.17) is 4.74 Å². The highest BCUT2D eigenvalue weighted by atomic mass is 16.5. The third kappa shape index (κ3) is 2.90. The summed E-state index contributed by atoms with van der Waals surface area (Å²) in [6, 6.07) is 1.80. The van der Waals surface area contributed by atoms with Crippen LogP contribution in [0.4, 0.5) is 5.82 Å². The zero-order valence-electron chi connectivity index (χ0n) is 9.44. The van der Waals surface area contributed by atoms with Crippen molar-refractivity contribution in [1.82, 2.24) is 9.97 Å². The van der Waals surface area contributed by atoms with Crippen LogP contribution in [0.2, 0.25) is 0 Å². The first-order valence-electron chi connectivity index (χ1n) is 5.52. The normalized spacial score (nSPS) is 19.4. The molecule has 0 unspecified atom stereocenters. The van der Waals surface area contributed by atoms with Crippen molar-refractivity contribution in [3.05, 3.63) is 18.1 Å². The van der Waals surface area contributed by atoms with Crippen molar-refractivity contribution in [1.29, 1.82) is 0 Å². The van der Waals surface area contributed by atoms with Crippen LogP contribution in [0.25, 0.3) is 0 Å². The van der Waals surface area contributed by atoms with Crippen LogP contribution >= 0.6 is 0 Å². The molecule has 0 atom stereocenters. The number of rotatable bonds is 3. The average Bonchev–Trinajstić information content (AvgIpc) is 2.28. The van der Waals surface area contributed by atoms with Gasteiger partial charge in [0.2, 0.25) is 0 Å². The van der Waals surface area contributed by atoms with Crippen molar-refractivity contribution in [3.8, 4) is 0 Å². The monoisotopic (exact) mass is 223 g/mol. The molecule has 0 radical (unpaired) electrons. The molecule has 1 aliphatic rings. The number of ether oxygens (including phenoxy) is 1. The molecule has 2 N–H and O–H groups in total. The van der Waals surface area contributed by atoms with Gasteiger partial charge >= 0.3 is 0 Å². The lowest BCUT2D eigenvalue weighted by atomic mass is 9.94. The van der Waals surface area contributed by atoms with Crippen molar-refractivity contribution >= 4 is 5.82 Å². The van der Waals surface area contributed by atoms with E-state index in [9.17, 15) is 5.11 Å². The second-order valence-electron chi connectivity index (χ2n) is 4.18. The molecule has 0 aromatic carbocycles. The summed E-state index contributed by atoms with van der Waals surface area (Å²) in [5.41, 5.74) is -0.670. The number of aryl methyl sites for hydroxylation is 1. The molecular formula is C11H17N3O2. The summed E-state index contributed by atoms with van der Waals surface area (Å²) in [6.07, 6.45) is 3.05. The van der Waals surface area contributed by atoms with Crippen LogP contribution < -0.4 is 5.32 Å². The lowest BCUT2D eigenvalue weighted by Gasteiger charge is -2.32. The van der Waals surface area contributed by atoms with Crippen molar-refractivity contribution in [3.63, 3.8) is 0 Å². The fourth-order valence-electron chi connectivity index (χ4n) is 1.74. The smallest absolute Gasteiger partial charge is 0.129 e. The van der Waals surface area contributed by atoms with Gasteiger partial charge in [-0.25, -0.2) is 9.97 Å². The first kappa shape index (κ1) is 11.3. The van der Waals surface area contributed by atoms with Crippen LogP contribution in [-0.4, -0.2) is 40.4 Å². The van der Waals surface area contributed by atoms with E-state index < -0.39 is 5.60 Å². The summed E-state index contributed by atoms with van der Waals surface area (Å²) in [7, 11) is 0.